The highest BCUT2D eigenvalue weighted by Crippen LogP contribution is 2.44. The smallest absolute Gasteiger partial charge is 0.284 e. The lowest BCUT2D eigenvalue weighted by Gasteiger charge is -2.49. The first-order valence-electron chi connectivity index (χ1n) is 13.6. The van der Waals surface area contributed by atoms with Crippen LogP contribution < -0.4 is 15.4 Å². The van der Waals surface area contributed by atoms with Gasteiger partial charge in [-0.05, 0) is 37.1 Å². The largest absolute Gasteiger partial charge is 0.507 e. The van der Waals surface area contributed by atoms with Crippen molar-refractivity contribution in [3.63, 3.8) is 0 Å². The Morgan fingerprint density at radius 1 is 1.26 bits per heavy atom. The molecule has 1 N–H and O–H groups in total. The molecule has 43 heavy (non-hydrogen) atoms. The van der Waals surface area contributed by atoms with Crippen LogP contribution in [0.3, 0.4) is 0 Å². The summed E-state index contributed by atoms with van der Waals surface area (Å²) in [6, 6.07) is 4.36. The first-order chi connectivity index (χ1) is 20.5. The number of halogens is 2. The number of phenols is 1. The SMILES string of the molecule is C=CC(=O)N1C[C@@H]2C(=O)N(C)c3c(c4cc(Cl)c(-c5c(O)cccc5F)nc4n(-c4ncsc4C(C)C)c3=O)N2C[C@H]1C. The Balaban J connectivity index is 1.72. The van der Waals surface area contributed by atoms with Crippen LogP contribution in [0.1, 0.15) is 31.6 Å². The van der Waals surface area contributed by atoms with Crippen molar-refractivity contribution in [2.75, 3.05) is 29.9 Å². The van der Waals surface area contributed by atoms with Gasteiger partial charge in [-0.1, -0.05) is 38.1 Å². The number of benzene rings is 1. The van der Waals surface area contributed by atoms with E-state index in [1.807, 2.05) is 25.7 Å². The third-order valence-corrected chi connectivity index (χ3v) is 9.43. The van der Waals surface area contributed by atoms with Gasteiger partial charge in [-0.25, -0.2) is 18.9 Å². The van der Waals surface area contributed by atoms with Gasteiger partial charge in [0.15, 0.2) is 11.5 Å². The van der Waals surface area contributed by atoms with Crippen LogP contribution in [0.2, 0.25) is 5.02 Å². The van der Waals surface area contributed by atoms with Gasteiger partial charge in [-0.15, -0.1) is 11.3 Å². The van der Waals surface area contributed by atoms with E-state index >= 15 is 4.39 Å². The fourth-order valence-electron chi connectivity index (χ4n) is 5.97. The molecule has 4 aromatic rings. The van der Waals surface area contributed by atoms with E-state index < -0.39 is 17.4 Å². The number of aromatic nitrogens is 3. The number of thiazole rings is 1. The van der Waals surface area contributed by atoms with E-state index in [1.54, 1.807) is 16.5 Å². The summed E-state index contributed by atoms with van der Waals surface area (Å²) in [7, 11) is 1.53. The van der Waals surface area contributed by atoms with E-state index in [-0.39, 0.29) is 70.2 Å². The van der Waals surface area contributed by atoms with Crippen molar-refractivity contribution in [1.82, 2.24) is 19.4 Å². The number of nitrogens with zero attached hydrogens (tertiary/aromatic N) is 6. The molecule has 0 unspecified atom stereocenters. The topological polar surface area (TPSA) is 112 Å². The van der Waals surface area contributed by atoms with E-state index in [0.29, 0.717) is 16.9 Å². The lowest BCUT2D eigenvalue weighted by Crippen LogP contribution is -2.66. The molecule has 3 aromatic heterocycles. The fourth-order valence-corrected chi connectivity index (χ4v) is 7.00. The van der Waals surface area contributed by atoms with E-state index in [0.717, 1.165) is 4.88 Å². The van der Waals surface area contributed by atoms with Crippen LogP contribution in [-0.2, 0) is 9.59 Å². The highest BCUT2D eigenvalue weighted by Gasteiger charge is 2.46. The molecule has 1 saturated heterocycles. The molecular weight excluding hydrogens is 595 g/mol. The number of phenolic OH excluding ortho intramolecular Hbond substituents is 1. The second kappa shape index (κ2) is 10.5. The van der Waals surface area contributed by atoms with E-state index in [9.17, 15) is 19.5 Å². The number of amides is 2. The Hall–Kier alpha value is -4.29. The maximum absolute atomic E-state index is 15.1. The molecule has 10 nitrogen and oxygen atoms in total. The summed E-state index contributed by atoms with van der Waals surface area (Å²) < 4.78 is 16.4. The molecule has 0 bridgehead atoms. The van der Waals surface area contributed by atoms with Gasteiger partial charge in [-0.2, -0.15) is 0 Å². The van der Waals surface area contributed by atoms with Crippen LogP contribution in [0.15, 0.2) is 47.2 Å². The van der Waals surface area contributed by atoms with Gasteiger partial charge in [0.2, 0.25) is 5.91 Å². The van der Waals surface area contributed by atoms with Crippen molar-refractivity contribution < 1.29 is 19.1 Å². The van der Waals surface area contributed by atoms with E-state index in [2.05, 4.69) is 11.6 Å². The summed E-state index contributed by atoms with van der Waals surface area (Å²) in [6.07, 6.45) is 1.22. The summed E-state index contributed by atoms with van der Waals surface area (Å²) in [5.74, 6) is -1.40. The van der Waals surface area contributed by atoms with Crippen molar-refractivity contribution in [1.29, 1.82) is 0 Å². The van der Waals surface area contributed by atoms with Gasteiger partial charge in [0.05, 0.1) is 38.9 Å². The van der Waals surface area contributed by atoms with Gasteiger partial charge >= 0.3 is 0 Å². The van der Waals surface area contributed by atoms with Gasteiger partial charge in [0.25, 0.3) is 11.5 Å². The second-order valence-corrected chi connectivity index (χ2v) is 12.3. The molecule has 0 radical (unpaired) electrons. The van der Waals surface area contributed by atoms with Crippen molar-refractivity contribution in [2.24, 2.45) is 0 Å². The van der Waals surface area contributed by atoms with Crippen LogP contribution in [0.4, 0.5) is 15.8 Å². The number of carbonyl (C=O) groups excluding carboxylic acids is 2. The predicted molar refractivity (Wildman–Crippen MR) is 165 cm³/mol. The first kappa shape index (κ1) is 28.8. The Labute approximate surface area is 255 Å². The molecule has 2 amide bonds. The second-order valence-electron chi connectivity index (χ2n) is 11.0. The summed E-state index contributed by atoms with van der Waals surface area (Å²) >= 11 is 8.15. The summed E-state index contributed by atoms with van der Waals surface area (Å²) in [6.45, 7) is 9.73. The third-order valence-electron chi connectivity index (χ3n) is 8.03. The number of likely N-dealkylation sites (N-methyl/N-ethyl adjacent to an activating group) is 1. The summed E-state index contributed by atoms with van der Waals surface area (Å²) in [5, 5.41) is 11.1. The maximum atomic E-state index is 15.1. The number of pyridine rings is 2. The van der Waals surface area contributed by atoms with Crippen molar-refractivity contribution in [3.05, 3.63) is 68.5 Å². The summed E-state index contributed by atoms with van der Waals surface area (Å²) in [4.78, 5) is 55.7. The third kappa shape index (κ3) is 4.30. The minimum absolute atomic E-state index is 0.00271. The Kier molecular flexibility index (Phi) is 7.01. The monoisotopic (exact) mass is 622 g/mol. The molecule has 0 saturated carbocycles. The van der Waals surface area contributed by atoms with Gasteiger partial charge in [0.1, 0.15) is 23.3 Å². The van der Waals surface area contributed by atoms with E-state index in [1.165, 1.54) is 52.1 Å². The number of fused-ring (bicyclic) bond motifs is 5. The first-order valence-corrected chi connectivity index (χ1v) is 14.9. The summed E-state index contributed by atoms with van der Waals surface area (Å²) in [5.41, 5.74) is 1.52. The van der Waals surface area contributed by atoms with Crippen molar-refractivity contribution in [3.8, 4) is 22.8 Å². The maximum Gasteiger partial charge on any atom is 0.284 e. The molecule has 2 aliphatic rings. The molecule has 13 heteroatoms. The molecule has 0 spiro atoms. The Bertz CT molecular complexity index is 1890. The quantitative estimate of drug-likeness (QED) is 0.329. The number of carbonyl (C=O) groups is 2. The lowest BCUT2D eigenvalue weighted by atomic mass is 9.98. The van der Waals surface area contributed by atoms with Crippen LogP contribution in [0.25, 0.3) is 28.1 Å². The Morgan fingerprint density at radius 2 is 2.00 bits per heavy atom. The number of anilines is 2. The molecule has 1 fully saturated rings. The normalized spacial score (nSPS) is 18.3. The molecule has 0 aliphatic carbocycles. The average molecular weight is 623 g/mol. The standard InChI is InChI=1S/C30H28ClFN6O4S/c1-6-21(40)36-12-19-29(41)35(5)25-24(37(19)11-15(36)4)16-10-17(31)23(22-18(32)8-7-9-20(22)39)34-27(16)38(30(25)42)28-26(14(2)3)43-13-33-28/h6-10,13-15,19,39H,1,11-12H2,2-5H3/t15-,19-/m1/s1. The zero-order valence-corrected chi connectivity index (χ0v) is 25.4. The molecule has 6 rings (SSSR count). The van der Waals surface area contributed by atoms with Gasteiger partial charge < -0.3 is 19.8 Å². The van der Waals surface area contributed by atoms with Gasteiger partial charge in [0, 0.05) is 25.0 Å². The molecule has 1 aromatic carbocycles. The average Bonchev–Trinajstić information content (AvgIpc) is 3.45. The molecule has 2 atom stereocenters. The van der Waals surface area contributed by atoms with Gasteiger partial charge in [-0.3, -0.25) is 14.4 Å². The zero-order chi connectivity index (χ0) is 30.9. The van der Waals surface area contributed by atoms with Crippen LogP contribution in [0, 0.1) is 5.82 Å². The molecular formula is C30H28ClFN6O4S. The zero-order valence-electron chi connectivity index (χ0n) is 23.8. The van der Waals surface area contributed by atoms with Crippen molar-refractivity contribution in [2.45, 2.75) is 38.8 Å². The van der Waals surface area contributed by atoms with Crippen LogP contribution in [0.5, 0.6) is 5.75 Å². The number of rotatable bonds is 4. The fraction of sp³-hybridized carbons (Fsp3) is 0.300. The lowest BCUT2D eigenvalue weighted by molar-refractivity contribution is -0.130. The van der Waals surface area contributed by atoms with Crippen LogP contribution in [-0.4, -0.2) is 68.6 Å². The molecule has 222 valence electrons. The number of hydrogen-bond acceptors (Lipinski definition) is 8. The highest BCUT2D eigenvalue weighted by atomic mass is 35.5. The highest BCUT2D eigenvalue weighted by molar-refractivity contribution is 7.10. The minimum atomic E-state index is -0.782. The van der Waals surface area contributed by atoms with E-state index in [4.69, 9.17) is 16.6 Å². The molecule has 2 aliphatic heterocycles. The number of piperazine rings is 1. The number of hydrogen-bond donors (Lipinski definition) is 1. The van der Waals surface area contributed by atoms with Crippen LogP contribution >= 0.6 is 22.9 Å². The minimum Gasteiger partial charge on any atom is -0.507 e. The van der Waals surface area contributed by atoms with Crippen molar-refractivity contribution >= 4 is 57.2 Å². The Morgan fingerprint density at radius 3 is 2.67 bits per heavy atom. The molecule has 5 heterocycles. The predicted octanol–water partition coefficient (Wildman–Crippen LogP) is 4.70. The number of aromatic hydroxyl groups is 1.